The summed E-state index contributed by atoms with van der Waals surface area (Å²) in [6.45, 7) is 4.54. The molecule has 0 fully saturated rings. The molecule has 0 saturated heterocycles. The summed E-state index contributed by atoms with van der Waals surface area (Å²) < 4.78 is 0. The molecular weight excluding hydrogens is 238 g/mol. The van der Waals surface area contributed by atoms with Crippen molar-refractivity contribution in [1.82, 2.24) is 9.97 Å². The number of anilines is 2. The van der Waals surface area contributed by atoms with Crippen molar-refractivity contribution in [2.75, 3.05) is 10.6 Å². The second kappa shape index (κ2) is 5.83. The lowest BCUT2D eigenvalue weighted by Gasteiger charge is -2.08. The molecule has 1 aromatic heterocycles. The molecule has 2 rings (SSSR count). The topological polar surface area (TPSA) is 73.6 Å². The summed E-state index contributed by atoms with van der Waals surface area (Å²) in [5.41, 5.74) is 2.41. The predicted molar refractivity (Wildman–Crippen MR) is 74.5 cm³/mol. The number of aromatic nitrogens is 2. The Bertz CT molecular complexity index is 615. The zero-order valence-corrected chi connectivity index (χ0v) is 10.9. The molecule has 0 spiro atoms. The van der Waals surface area contributed by atoms with Crippen LogP contribution in [-0.2, 0) is 6.54 Å². The van der Waals surface area contributed by atoms with Gasteiger partial charge in [0.25, 0.3) is 0 Å². The summed E-state index contributed by atoms with van der Waals surface area (Å²) in [6, 6.07) is 9.98. The maximum atomic E-state index is 8.60. The fraction of sp³-hybridized carbons (Fsp3) is 0.214. The normalized spacial score (nSPS) is 9.74. The third-order valence-corrected chi connectivity index (χ3v) is 2.58. The Morgan fingerprint density at radius 3 is 2.68 bits per heavy atom. The second-order valence-electron chi connectivity index (χ2n) is 4.27. The van der Waals surface area contributed by atoms with E-state index in [1.165, 1.54) is 11.1 Å². The van der Waals surface area contributed by atoms with E-state index in [0.29, 0.717) is 24.0 Å². The molecule has 1 heterocycles. The van der Waals surface area contributed by atoms with Gasteiger partial charge in [-0.05, 0) is 19.4 Å². The number of benzene rings is 1. The van der Waals surface area contributed by atoms with Crippen molar-refractivity contribution < 1.29 is 0 Å². The molecule has 0 unspecified atom stereocenters. The highest BCUT2D eigenvalue weighted by Gasteiger charge is 2.01. The number of nitriles is 1. The lowest BCUT2D eigenvalue weighted by atomic mass is 10.1. The number of aryl methyl sites for hydroxylation is 2. The van der Waals surface area contributed by atoms with Crippen LogP contribution < -0.4 is 10.6 Å². The van der Waals surface area contributed by atoms with Gasteiger partial charge >= 0.3 is 0 Å². The van der Waals surface area contributed by atoms with Gasteiger partial charge < -0.3 is 5.32 Å². The first-order valence-corrected chi connectivity index (χ1v) is 5.97. The van der Waals surface area contributed by atoms with E-state index in [-0.39, 0.29) is 0 Å². The quantitative estimate of drug-likeness (QED) is 0.647. The monoisotopic (exact) mass is 253 g/mol. The van der Waals surface area contributed by atoms with E-state index >= 15 is 0 Å². The average molecular weight is 253 g/mol. The third-order valence-electron chi connectivity index (χ3n) is 2.58. The van der Waals surface area contributed by atoms with Gasteiger partial charge in [-0.25, -0.2) is 9.97 Å². The van der Waals surface area contributed by atoms with Crippen LogP contribution >= 0.6 is 0 Å². The van der Waals surface area contributed by atoms with Gasteiger partial charge in [0.2, 0.25) is 0 Å². The van der Waals surface area contributed by atoms with Gasteiger partial charge in [-0.15, -0.1) is 0 Å². The lowest BCUT2D eigenvalue weighted by molar-refractivity contribution is 1.02. The van der Waals surface area contributed by atoms with Crippen LogP contribution in [0.5, 0.6) is 0 Å². The van der Waals surface area contributed by atoms with E-state index in [1.807, 2.05) is 12.3 Å². The average Bonchev–Trinajstić information content (AvgIpc) is 2.36. The van der Waals surface area contributed by atoms with Crippen molar-refractivity contribution in [1.29, 1.82) is 5.26 Å². The molecule has 0 aliphatic heterocycles. The largest absolute Gasteiger partial charge is 0.366 e. The second-order valence-corrected chi connectivity index (χ2v) is 4.27. The van der Waals surface area contributed by atoms with E-state index in [0.717, 1.165) is 0 Å². The van der Waals surface area contributed by atoms with Crippen LogP contribution in [-0.4, -0.2) is 9.97 Å². The molecule has 0 bridgehead atoms. The van der Waals surface area contributed by atoms with E-state index < -0.39 is 0 Å². The van der Waals surface area contributed by atoms with E-state index in [9.17, 15) is 0 Å². The number of hydrogen-bond donors (Lipinski definition) is 2. The van der Waals surface area contributed by atoms with Crippen molar-refractivity contribution in [2.24, 2.45) is 0 Å². The molecule has 96 valence electrons. The number of hydrogen-bond acceptors (Lipinski definition) is 5. The summed E-state index contributed by atoms with van der Waals surface area (Å²) >= 11 is 0. The van der Waals surface area contributed by atoms with Crippen LogP contribution in [0.15, 0.2) is 30.3 Å². The Morgan fingerprint density at radius 1 is 1.16 bits per heavy atom. The van der Waals surface area contributed by atoms with E-state index in [4.69, 9.17) is 5.26 Å². The molecule has 0 amide bonds. The Balaban J connectivity index is 2.09. The molecule has 19 heavy (non-hydrogen) atoms. The van der Waals surface area contributed by atoms with Crippen LogP contribution in [0.4, 0.5) is 11.6 Å². The predicted octanol–water partition coefficient (Wildman–Crippen LogP) is 2.60. The maximum Gasteiger partial charge on any atom is 0.182 e. The summed E-state index contributed by atoms with van der Waals surface area (Å²) in [7, 11) is 0. The van der Waals surface area contributed by atoms with Crippen LogP contribution in [0.1, 0.15) is 17.0 Å². The van der Waals surface area contributed by atoms with Gasteiger partial charge in [0.15, 0.2) is 6.19 Å². The van der Waals surface area contributed by atoms with Gasteiger partial charge in [-0.1, -0.05) is 29.8 Å². The molecule has 0 saturated carbocycles. The summed E-state index contributed by atoms with van der Waals surface area (Å²) in [5.74, 6) is 1.82. The molecule has 0 aliphatic carbocycles. The number of nitrogens with one attached hydrogen (secondary N) is 2. The van der Waals surface area contributed by atoms with Gasteiger partial charge in [-0.2, -0.15) is 5.26 Å². The molecule has 0 atom stereocenters. The van der Waals surface area contributed by atoms with Crippen molar-refractivity contribution in [3.63, 3.8) is 0 Å². The third kappa shape index (κ3) is 3.68. The minimum Gasteiger partial charge on any atom is -0.366 e. The summed E-state index contributed by atoms with van der Waals surface area (Å²) in [6.07, 6.45) is 1.85. The summed E-state index contributed by atoms with van der Waals surface area (Å²) in [4.78, 5) is 8.39. The van der Waals surface area contributed by atoms with Crippen molar-refractivity contribution in [2.45, 2.75) is 20.4 Å². The summed E-state index contributed by atoms with van der Waals surface area (Å²) in [5, 5.41) is 14.3. The Kier molecular flexibility index (Phi) is 3.94. The first kappa shape index (κ1) is 12.8. The highest BCUT2D eigenvalue weighted by atomic mass is 15.1. The molecule has 0 aliphatic rings. The molecule has 2 N–H and O–H groups in total. The number of rotatable bonds is 4. The van der Waals surface area contributed by atoms with Gasteiger partial charge in [-0.3, -0.25) is 5.32 Å². The fourth-order valence-electron chi connectivity index (χ4n) is 1.79. The number of nitrogens with zero attached hydrogens (tertiary/aromatic N) is 3. The van der Waals surface area contributed by atoms with Crippen molar-refractivity contribution >= 4 is 11.6 Å². The molecular formula is C14H15N5. The minimum absolute atomic E-state index is 0.502. The Morgan fingerprint density at radius 2 is 1.95 bits per heavy atom. The van der Waals surface area contributed by atoms with E-state index in [2.05, 4.69) is 45.7 Å². The van der Waals surface area contributed by atoms with E-state index in [1.54, 1.807) is 13.0 Å². The molecule has 0 radical (unpaired) electrons. The highest BCUT2D eigenvalue weighted by molar-refractivity contribution is 5.49. The van der Waals surface area contributed by atoms with Crippen molar-refractivity contribution in [3.8, 4) is 6.19 Å². The SMILES string of the molecule is Cc1cccc(CNc2cc(NC#N)nc(C)n2)c1. The first-order chi connectivity index (χ1) is 9.17. The van der Waals surface area contributed by atoms with Crippen LogP contribution in [0.3, 0.4) is 0 Å². The zero-order chi connectivity index (χ0) is 13.7. The van der Waals surface area contributed by atoms with Crippen LogP contribution in [0.25, 0.3) is 0 Å². The van der Waals surface area contributed by atoms with Gasteiger partial charge in [0.1, 0.15) is 17.5 Å². The standard InChI is InChI=1S/C14H15N5/c1-10-4-3-5-12(6-10)8-16-13-7-14(17-9-15)19-11(2)18-13/h3-7H,8H2,1-2H3,(H2,16,17,18,19). The molecule has 1 aromatic carbocycles. The maximum absolute atomic E-state index is 8.60. The van der Waals surface area contributed by atoms with Gasteiger partial charge in [0, 0.05) is 12.6 Å². The first-order valence-electron chi connectivity index (χ1n) is 5.97. The van der Waals surface area contributed by atoms with Crippen LogP contribution in [0, 0.1) is 25.3 Å². The molecule has 5 nitrogen and oxygen atoms in total. The lowest BCUT2D eigenvalue weighted by Crippen LogP contribution is -2.05. The van der Waals surface area contributed by atoms with Gasteiger partial charge in [0.05, 0.1) is 0 Å². The Hall–Kier alpha value is -2.61. The smallest absolute Gasteiger partial charge is 0.182 e. The molecule has 2 aromatic rings. The highest BCUT2D eigenvalue weighted by Crippen LogP contribution is 2.12. The fourth-order valence-corrected chi connectivity index (χ4v) is 1.79. The zero-order valence-electron chi connectivity index (χ0n) is 10.9. The van der Waals surface area contributed by atoms with Crippen LogP contribution in [0.2, 0.25) is 0 Å². The minimum atomic E-state index is 0.502. The molecule has 5 heteroatoms. The van der Waals surface area contributed by atoms with Crippen molar-refractivity contribution in [3.05, 3.63) is 47.3 Å². The Labute approximate surface area is 112 Å².